The number of anilines is 2. The number of nitrogen functional groups attached to an aromatic ring is 1. The normalized spacial score (nSPS) is 12.1. The van der Waals surface area contributed by atoms with Crippen LogP contribution < -0.4 is 16.4 Å². The number of amides is 2. The van der Waals surface area contributed by atoms with Gasteiger partial charge in [-0.3, -0.25) is 9.59 Å². The SMILES string of the molecule is COC(=O)c1c(N)ncnc1C(=O)NC(C)c1ncc(C(=O)Nc2cc(C(F)(F)F)c(Cl)cn2)s1. The maximum atomic E-state index is 13.0. The summed E-state index contributed by atoms with van der Waals surface area (Å²) in [6.45, 7) is 1.55. The van der Waals surface area contributed by atoms with E-state index in [4.69, 9.17) is 17.3 Å². The Bertz CT molecular complexity index is 1300. The van der Waals surface area contributed by atoms with E-state index in [9.17, 15) is 27.6 Å². The highest BCUT2D eigenvalue weighted by atomic mass is 35.5. The van der Waals surface area contributed by atoms with Crippen molar-refractivity contribution in [1.82, 2.24) is 25.3 Å². The van der Waals surface area contributed by atoms with Crippen LogP contribution in [-0.2, 0) is 10.9 Å². The Hall–Kier alpha value is -3.85. The number of esters is 1. The lowest BCUT2D eigenvalue weighted by molar-refractivity contribution is -0.137. The van der Waals surface area contributed by atoms with Crippen LogP contribution in [0.15, 0.2) is 24.8 Å². The Morgan fingerprint density at radius 2 is 1.86 bits per heavy atom. The van der Waals surface area contributed by atoms with Gasteiger partial charge in [0, 0.05) is 6.20 Å². The smallest absolute Gasteiger partial charge is 0.418 e. The highest BCUT2D eigenvalue weighted by Gasteiger charge is 2.34. The molecular weight excluding hydrogens is 515 g/mol. The van der Waals surface area contributed by atoms with E-state index in [1.54, 1.807) is 6.92 Å². The summed E-state index contributed by atoms with van der Waals surface area (Å²) in [6.07, 6.45) is -1.77. The second-order valence-electron chi connectivity index (χ2n) is 6.73. The maximum Gasteiger partial charge on any atom is 0.418 e. The van der Waals surface area contributed by atoms with Crippen molar-refractivity contribution in [1.29, 1.82) is 0 Å². The number of ether oxygens (including phenoxy) is 1. The van der Waals surface area contributed by atoms with Crippen LogP contribution in [0, 0.1) is 0 Å². The average Bonchev–Trinajstić information content (AvgIpc) is 3.29. The molecule has 0 aliphatic heterocycles. The fraction of sp³-hybridized carbons (Fsp3) is 0.211. The van der Waals surface area contributed by atoms with Crippen LogP contribution in [0.25, 0.3) is 0 Å². The molecule has 35 heavy (non-hydrogen) atoms. The lowest BCUT2D eigenvalue weighted by Crippen LogP contribution is -2.30. The molecule has 2 amide bonds. The highest BCUT2D eigenvalue weighted by molar-refractivity contribution is 7.13. The van der Waals surface area contributed by atoms with Crippen molar-refractivity contribution >= 4 is 52.4 Å². The third-order valence-electron chi connectivity index (χ3n) is 4.35. The molecule has 0 bridgehead atoms. The standard InChI is InChI=1S/C19H15ClF3N7O4S/c1-7(29-16(32)13-12(18(33)34-2)14(24)28-6-27-13)17-26-5-10(35-17)15(31)30-11-3-8(19(21,22)23)9(20)4-25-11/h3-7H,1-2H3,(H,29,32)(H2,24,27,28)(H,25,30,31). The summed E-state index contributed by atoms with van der Waals surface area (Å²) in [5.41, 5.74) is 3.88. The number of carbonyl (C=O) groups excluding carboxylic acids is 3. The molecule has 4 N–H and O–H groups in total. The summed E-state index contributed by atoms with van der Waals surface area (Å²) in [5.74, 6) is -3.06. The van der Waals surface area contributed by atoms with Gasteiger partial charge < -0.3 is 21.1 Å². The number of aromatic nitrogens is 4. The number of thiazole rings is 1. The third kappa shape index (κ3) is 5.81. The number of rotatable bonds is 6. The summed E-state index contributed by atoms with van der Waals surface area (Å²) in [4.78, 5) is 52.3. The number of hydrogen-bond donors (Lipinski definition) is 3. The summed E-state index contributed by atoms with van der Waals surface area (Å²) in [5, 5.41) is 4.48. The third-order valence-corrected chi connectivity index (χ3v) is 5.83. The molecule has 3 heterocycles. The van der Waals surface area contributed by atoms with E-state index in [2.05, 4.69) is 35.3 Å². The van der Waals surface area contributed by atoms with Gasteiger partial charge in [0.15, 0.2) is 0 Å². The number of nitrogens with two attached hydrogens (primary N) is 1. The van der Waals surface area contributed by atoms with Gasteiger partial charge >= 0.3 is 12.1 Å². The van der Waals surface area contributed by atoms with E-state index in [-0.39, 0.29) is 32.8 Å². The van der Waals surface area contributed by atoms with E-state index in [1.165, 1.54) is 6.20 Å². The van der Waals surface area contributed by atoms with Crippen LogP contribution in [-0.4, -0.2) is 44.8 Å². The molecule has 1 unspecified atom stereocenters. The van der Waals surface area contributed by atoms with Gasteiger partial charge in [-0.15, -0.1) is 11.3 Å². The summed E-state index contributed by atoms with van der Waals surface area (Å²) < 4.78 is 43.6. The summed E-state index contributed by atoms with van der Waals surface area (Å²) in [7, 11) is 1.10. The minimum Gasteiger partial charge on any atom is -0.465 e. The molecule has 184 valence electrons. The Morgan fingerprint density at radius 3 is 2.51 bits per heavy atom. The fourth-order valence-electron chi connectivity index (χ4n) is 2.70. The van der Waals surface area contributed by atoms with Gasteiger partial charge in [0.05, 0.1) is 29.9 Å². The topological polar surface area (TPSA) is 162 Å². The summed E-state index contributed by atoms with van der Waals surface area (Å²) >= 11 is 6.40. The molecule has 0 aromatic carbocycles. The van der Waals surface area contributed by atoms with Crippen LogP contribution in [0.4, 0.5) is 24.8 Å². The van der Waals surface area contributed by atoms with Crippen LogP contribution in [0.5, 0.6) is 0 Å². The van der Waals surface area contributed by atoms with Crippen LogP contribution in [0.1, 0.15) is 54.1 Å². The first-order valence-corrected chi connectivity index (χ1v) is 10.6. The number of nitrogens with zero attached hydrogens (tertiary/aromatic N) is 4. The maximum absolute atomic E-state index is 13.0. The van der Waals surface area contributed by atoms with Gasteiger partial charge in [-0.05, 0) is 13.0 Å². The zero-order chi connectivity index (χ0) is 25.9. The fourth-order valence-corrected chi connectivity index (χ4v) is 3.72. The molecule has 0 spiro atoms. The number of methoxy groups -OCH3 is 1. The van der Waals surface area contributed by atoms with Crippen molar-refractivity contribution in [2.24, 2.45) is 0 Å². The van der Waals surface area contributed by atoms with Crippen molar-refractivity contribution in [2.45, 2.75) is 19.1 Å². The average molecular weight is 530 g/mol. The number of halogens is 4. The second kappa shape index (κ2) is 10.2. The predicted molar refractivity (Wildman–Crippen MR) is 118 cm³/mol. The molecule has 1 atom stereocenters. The molecule has 3 aromatic heterocycles. The zero-order valence-corrected chi connectivity index (χ0v) is 19.4. The first-order valence-electron chi connectivity index (χ1n) is 9.41. The lowest BCUT2D eigenvalue weighted by Gasteiger charge is -2.13. The Kier molecular flexibility index (Phi) is 7.50. The summed E-state index contributed by atoms with van der Waals surface area (Å²) in [6, 6.07) is -0.140. The molecule has 0 saturated carbocycles. The minimum atomic E-state index is -4.73. The Balaban J connectivity index is 1.74. The monoisotopic (exact) mass is 529 g/mol. The molecule has 0 saturated heterocycles. The molecular formula is C19H15ClF3N7O4S. The number of carbonyl (C=O) groups is 3. The number of alkyl halides is 3. The molecule has 16 heteroatoms. The first kappa shape index (κ1) is 25.8. The quantitative estimate of drug-likeness (QED) is 0.407. The number of hydrogen-bond acceptors (Lipinski definition) is 10. The van der Waals surface area contributed by atoms with E-state index in [0.29, 0.717) is 6.07 Å². The van der Waals surface area contributed by atoms with Crippen molar-refractivity contribution < 1.29 is 32.3 Å². The van der Waals surface area contributed by atoms with Gasteiger partial charge in [0.25, 0.3) is 11.8 Å². The van der Waals surface area contributed by atoms with Crippen molar-refractivity contribution in [3.63, 3.8) is 0 Å². The first-order chi connectivity index (χ1) is 16.4. The minimum absolute atomic E-state index is 0.0351. The molecule has 11 nitrogen and oxygen atoms in total. The van der Waals surface area contributed by atoms with Crippen LogP contribution >= 0.6 is 22.9 Å². The van der Waals surface area contributed by atoms with Gasteiger partial charge in [-0.2, -0.15) is 13.2 Å². The second-order valence-corrected chi connectivity index (χ2v) is 8.20. The molecule has 0 aliphatic carbocycles. The lowest BCUT2D eigenvalue weighted by atomic mass is 10.2. The van der Waals surface area contributed by atoms with Crippen molar-refractivity contribution in [3.8, 4) is 0 Å². The van der Waals surface area contributed by atoms with E-state index in [0.717, 1.165) is 31.0 Å². The predicted octanol–water partition coefficient (Wildman–Crippen LogP) is 3.11. The Labute approximate surface area is 203 Å². The molecule has 3 rings (SSSR count). The number of pyridine rings is 1. The van der Waals surface area contributed by atoms with Gasteiger partial charge in [-0.1, -0.05) is 11.6 Å². The van der Waals surface area contributed by atoms with E-state index < -0.39 is 40.6 Å². The molecule has 0 radical (unpaired) electrons. The van der Waals surface area contributed by atoms with Gasteiger partial charge in [-0.25, -0.2) is 24.7 Å². The molecule has 0 aliphatic rings. The van der Waals surface area contributed by atoms with Crippen LogP contribution in [0.3, 0.4) is 0 Å². The Morgan fingerprint density at radius 1 is 1.14 bits per heavy atom. The van der Waals surface area contributed by atoms with Gasteiger partial charge in [0.1, 0.15) is 39.1 Å². The zero-order valence-electron chi connectivity index (χ0n) is 17.8. The highest BCUT2D eigenvalue weighted by Crippen LogP contribution is 2.35. The van der Waals surface area contributed by atoms with E-state index >= 15 is 0 Å². The van der Waals surface area contributed by atoms with Crippen molar-refractivity contribution in [3.05, 3.63) is 56.5 Å². The van der Waals surface area contributed by atoms with Gasteiger partial charge in [0.2, 0.25) is 0 Å². The largest absolute Gasteiger partial charge is 0.465 e. The van der Waals surface area contributed by atoms with Crippen molar-refractivity contribution in [2.75, 3.05) is 18.2 Å². The molecule has 0 fully saturated rings. The van der Waals surface area contributed by atoms with E-state index in [1.807, 2.05) is 0 Å². The number of nitrogens with one attached hydrogen (secondary N) is 2. The molecule has 3 aromatic rings. The van der Waals surface area contributed by atoms with Crippen LogP contribution in [0.2, 0.25) is 5.02 Å².